The molecular formula is C19H21ClF2N2O2S. The molecule has 0 unspecified atom stereocenters. The summed E-state index contributed by atoms with van der Waals surface area (Å²) < 4.78 is 53.9. The van der Waals surface area contributed by atoms with Crippen LogP contribution < -0.4 is 0 Å². The molecule has 1 fully saturated rings. The first-order valence-electron chi connectivity index (χ1n) is 8.70. The molecule has 0 atom stereocenters. The van der Waals surface area contributed by atoms with E-state index in [1.165, 1.54) is 16.4 Å². The standard InChI is InChI=1S/C19H21ClF2N2O2S/c1-14-17(20)3-2-4-19(14)27(25,26)24-11-9-23(10-12-24)8-7-15-5-6-16(21)13-18(15)22/h2-6,13H,7-12H2,1H3. The molecule has 3 rings (SSSR count). The van der Waals surface area contributed by atoms with Gasteiger partial charge in [0.25, 0.3) is 0 Å². The van der Waals surface area contributed by atoms with Crippen LogP contribution >= 0.6 is 11.6 Å². The van der Waals surface area contributed by atoms with Crippen molar-refractivity contribution in [3.05, 3.63) is 64.2 Å². The summed E-state index contributed by atoms with van der Waals surface area (Å²) in [6, 6.07) is 8.45. The molecule has 0 bridgehead atoms. The molecule has 1 heterocycles. The first-order chi connectivity index (χ1) is 12.8. The van der Waals surface area contributed by atoms with Crippen molar-refractivity contribution in [3.8, 4) is 0 Å². The highest BCUT2D eigenvalue weighted by atomic mass is 35.5. The van der Waals surface area contributed by atoms with Crippen LogP contribution in [-0.2, 0) is 16.4 Å². The van der Waals surface area contributed by atoms with Crippen molar-refractivity contribution in [2.75, 3.05) is 32.7 Å². The third kappa shape index (κ3) is 4.48. The lowest BCUT2D eigenvalue weighted by atomic mass is 10.1. The number of halogens is 3. The highest BCUT2D eigenvalue weighted by Crippen LogP contribution is 2.26. The van der Waals surface area contributed by atoms with Crippen LogP contribution in [-0.4, -0.2) is 50.3 Å². The molecule has 0 amide bonds. The average molecular weight is 415 g/mol. The van der Waals surface area contributed by atoms with Crippen molar-refractivity contribution in [2.45, 2.75) is 18.2 Å². The molecule has 0 radical (unpaired) electrons. The predicted octanol–water partition coefficient (Wildman–Crippen LogP) is 3.48. The van der Waals surface area contributed by atoms with Gasteiger partial charge >= 0.3 is 0 Å². The van der Waals surface area contributed by atoms with Gasteiger partial charge in [-0.1, -0.05) is 23.7 Å². The Kier molecular flexibility index (Phi) is 6.15. The fourth-order valence-corrected chi connectivity index (χ4v) is 5.10. The van der Waals surface area contributed by atoms with Gasteiger partial charge in [-0.3, -0.25) is 0 Å². The molecule has 0 N–H and O–H groups in total. The van der Waals surface area contributed by atoms with E-state index in [0.717, 1.165) is 6.07 Å². The zero-order valence-electron chi connectivity index (χ0n) is 15.0. The fraction of sp³-hybridized carbons (Fsp3) is 0.368. The number of benzene rings is 2. The van der Waals surface area contributed by atoms with Crippen LogP contribution in [0.2, 0.25) is 5.02 Å². The molecule has 146 valence electrons. The van der Waals surface area contributed by atoms with E-state index in [0.29, 0.717) is 55.3 Å². The van der Waals surface area contributed by atoms with Crippen LogP contribution in [0.25, 0.3) is 0 Å². The summed E-state index contributed by atoms with van der Waals surface area (Å²) in [7, 11) is -3.60. The summed E-state index contributed by atoms with van der Waals surface area (Å²) in [5.74, 6) is -1.14. The maximum absolute atomic E-state index is 13.7. The number of nitrogens with zero attached hydrogens (tertiary/aromatic N) is 2. The Morgan fingerprint density at radius 1 is 1.07 bits per heavy atom. The first-order valence-corrected chi connectivity index (χ1v) is 10.5. The molecule has 27 heavy (non-hydrogen) atoms. The molecule has 0 aliphatic carbocycles. The molecule has 1 aliphatic heterocycles. The van der Waals surface area contributed by atoms with E-state index in [1.54, 1.807) is 25.1 Å². The maximum Gasteiger partial charge on any atom is 0.243 e. The number of hydrogen-bond acceptors (Lipinski definition) is 3. The zero-order chi connectivity index (χ0) is 19.6. The Hall–Kier alpha value is -1.54. The summed E-state index contributed by atoms with van der Waals surface area (Å²) in [4.78, 5) is 2.32. The van der Waals surface area contributed by atoms with Crippen molar-refractivity contribution in [3.63, 3.8) is 0 Å². The lowest BCUT2D eigenvalue weighted by Crippen LogP contribution is -2.49. The van der Waals surface area contributed by atoms with Crippen molar-refractivity contribution < 1.29 is 17.2 Å². The fourth-order valence-electron chi connectivity index (χ4n) is 3.20. The Balaban J connectivity index is 1.60. The summed E-state index contributed by atoms with van der Waals surface area (Å²) in [5, 5.41) is 0.427. The van der Waals surface area contributed by atoms with Gasteiger partial charge in [-0.2, -0.15) is 4.31 Å². The number of rotatable bonds is 5. The molecule has 2 aromatic rings. The van der Waals surface area contributed by atoms with Gasteiger partial charge in [-0.25, -0.2) is 17.2 Å². The Morgan fingerprint density at radius 2 is 1.78 bits per heavy atom. The molecule has 1 saturated heterocycles. The lowest BCUT2D eigenvalue weighted by molar-refractivity contribution is 0.189. The number of sulfonamides is 1. The second-order valence-corrected chi connectivity index (χ2v) is 8.91. The van der Waals surface area contributed by atoms with Crippen LogP contribution in [0.4, 0.5) is 8.78 Å². The van der Waals surface area contributed by atoms with Gasteiger partial charge in [0.05, 0.1) is 4.90 Å². The first kappa shape index (κ1) is 20.2. The van der Waals surface area contributed by atoms with Gasteiger partial charge in [-0.05, 0) is 42.7 Å². The van der Waals surface area contributed by atoms with Crippen LogP contribution in [0, 0.1) is 18.6 Å². The minimum Gasteiger partial charge on any atom is -0.300 e. The molecule has 0 spiro atoms. The average Bonchev–Trinajstić information content (AvgIpc) is 2.63. The van der Waals surface area contributed by atoms with Crippen LogP contribution in [0.1, 0.15) is 11.1 Å². The molecule has 0 aromatic heterocycles. The molecular weight excluding hydrogens is 394 g/mol. The third-order valence-corrected chi connectivity index (χ3v) is 7.33. The second-order valence-electron chi connectivity index (χ2n) is 6.59. The van der Waals surface area contributed by atoms with Crippen LogP contribution in [0.5, 0.6) is 0 Å². The van der Waals surface area contributed by atoms with Crippen molar-refractivity contribution in [1.82, 2.24) is 9.21 Å². The van der Waals surface area contributed by atoms with E-state index in [2.05, 4.69) is 4.90 Å². The summed E-state index contributed by atoms with van der Waals surface area (Å²) >= 11 is 6.06. The highest BCUT2D eigenvalue weighted by molar-refractivity contribution is 7.89. The van der Waals surface area contributed by atoms with Crippen LogP contribution in [0.15, 0.2) is 41.3 Å². The lowest BCUT2D eigenvalue weighted by Gasteiger charge is -2.34. The quantitative estimate of drug-likeness (QED) is 0.752. The summed E-state index contributed by atoms with van der Waals surface area (Å²) in [6.45, 7) is 4.12. The van der Waals surface area contributed by atoms with E-state index in [4.69, 9.17) is 11.6 Å². The van der Waals surface area contributed by atoms with Gasteiger partial charge in [0.15, 0.2) is 0 Å². The summed E-state index contributed by atoms with van der Waals surface area (Å²) in [5.41, 5.74) is 1.01. The molecule has 1 aliphatic rings. The normalized spacial score (nSPS) is 16.6. The molecule has 0 saturated carbocycles. The van der Waals surface area contributed by atoms with Gasteiger partial charge in [0, 0.05) is 43.8 Å². The van der Waals surface area contributed by atoms with E-state index >= 15 is 0 Å². The van der Waals surface area contributed by atoms with Crippen molar-refractivity contribution in [2.24, 2.45) is 0 Å². The SMILES string of the molecule is Cc1c(Cl)cccc1S(=O)(=O)N1CCN(CCc2ccc(F)cc2F)CC1. The summed E-state index contributed by atoms with van der Waals surface area (Å²) in [6.07, 6.45) is 0.451. The van der Waals surface area contributed by atoms with E-state index in [1.807, 2.05) is 0 Å². The zero-order valence-corrected chi connectivity index (χ0v) is 16.5. The van der Waals surface area contributed by atoms with Crippen molar-refractivity contribution >= 4 is 21.6 Å². The third-order valence-electron chi connectivity index (χ3n) is 4.88. The topological polar surface area (TPSA) is 40.6 Å². The highest BCUT2D eigenvalue weighted by Gasteiger charge is 2.29. The minimum absolute atomic E-state index is 0.233. The maximum atomic E-state index is 13.7. The second kappa shape index (κ2) is 8.22. The minimum atomic E-state index is -3.60. The van der Waals surface area contributed by atoms with E-state index < -0.39 is 21.7 Å². The van der Waals surface area contributed by atoms with Crippen LogP contribution in [0.3, 0.4) is 0 Å². The van der Waals surface area contributed by atoms with Gasteiger partial charge in [-0.15, -0.1) is 0 Å². The molecule has 2 aromatic carbocycles. The molecule has 4 nitrogen and oxygen atoms in total. The smallest absolute Gasteiger partial charge is 0.243 e. The number of piperazine rings is 1. The Bertz CT molecular complexity index is 929. The Labute approximate surface area is 163 Å². The monoisotopic (exact) mass is 414 g/mol. The predicted molar refractivity (Wildman–Crippen MR) is 101 cm³/mol. The van der Waals surface area contributed by atoms with E-state index in [-0.39, 0.29) is 4.90 Å². The molecule has 8 heteroatoms. The van der Waals surface area contributed by atoms with Gasteiger partial charge < -0.3 is 4.90 Å². The largest absolute Gasteiger partial charge is 0.300 e. The van der Waals surface area contributed by atoms with Gasteiger partial charge in [0.2, 0.25) is 10.0 Å². The Morgan fingerprint density at radius 3 is 2.44 bits per heavy atom. The van der Waals surface area contributed by atoms with Gasteiger partial charge in [0.1, 0.15) is 11.6 Å². The van der Waals surface area contributed by atoms with E-state index in [9.17, 15) is 17.2 Å². The number of hydrogen-bond donors (Lipinski definition) is 0. The van der Waals surface area contributed by atoms with Crippen molar-refractivity contribution in [1.29, 1.82) is 0 Å².